The van der Waals surface area contributed by atoms with Crippen LogP contribution in [0.2, 0.25) is 0 Å². The van der Waals surface area contributed by atoms with Crippen molar-refractivity contribution in [1.29, 1.82) is 0 Å². The lowest BCUT2D eigenvalue weighted by Crippen LogP contribution is -2.41. The zero-order chi connectivity index (χ0) is 17.1. The molecular weight excluding hydrogens is 318 g/mol. The highest BCUT2D eigenvalue weighted by Crippen LogP contribution is 2.32. The number of fused-ring (bicyclic) bond motifs is 1. The summed E-state index contributed by atoms with van der Waals surface area (Å²) in [4.78, 5) is 14.3. The Morgan fingerprint density at radius 2 is 1.92 bits per heavy atom. The van der Waals surface area contributed by atoms with Crippen molar-refractivity contribution in [2.24, 2.45) is 0 Å². The van der Waals surface area contributed by atoms with E-state index in [0.717, 1.165) is 16.9 Å². The van der Waals surface area contributed by atoms with Gasteiger partial charge in [-0.2, -0.15) is 0 Å². The van der Waals surface area contributed by atoms with Gasteiger partial charge in [0, 0.05) is 12.6 Å². The third kappa shape index (κ3) is 3.51. The predicted molar refractivity (Wildman–Crippen MR) is 93.3 cm³/mol. The Hall–Kier alpha value is -2.79. The van der Waals surface area contributed by atoms with Gasteiger partial charge in [-0.15, -0.1) is 0 Å². The van der Waals surface area contributed by atoms with Gasteiger partial charge in [0.1, 0.15) is 6.10 Å². The minimum atomic E-state index is -0.0714. The fraction of sp³-hybridized carbons (Fsp3) is 0.250. The SMILES string of the molecule is O=C(/C=C/c1ccc2c(c1)OCO2)N1CCOC(c2ccccc2)C1. The molecule has 2 aromatic carbocycles. The van der Waals surface area contributed by atoms with Crippen molar-refractivity contribution in [2.75, 3.05) is 26.5 Å². The number of hydrogen-bond donors (Lipinski definition) is 0. The maximum atomic E-state index is 12.5. The van der Waals surface area contributed by atoms with Crippen LogP contribution in [-0.2, 0) is 9.53 Å². The third-order valence-corrected chi connectivity index (χ3v) is 4.36. The van der Waals surface area contributed by atoms with E-state index in [4.69, 9.17) is 14.2 Å². The van der Waals surface area contributed by atoms with Crippen LogP contribution in [-0.4, -0.2) is 37.3 Å². The molecule has 0 spiro atoms. The first-order chi connectivity index (χ1) is 12.3. The van der Waals surface area contributed by atoms with E-state index < -0.39 is 0 Å². The van der Waals surface area contributed by atoms with Gasteiger partial charge in [-0.25, -0.2) is 0 Å². The van der Waals surface area contributed by atoms with Crippen LogP contribution >= 0.6 is 0 Å². The lowest BCUT2D eigenvalue weighted by Gasteiger charge is -2.32. The van der Waals surface area contributed by atoms with E-state index in [-0.39, 0.29) is 18.8 Å². The molecule has 5 heteroatoms. The smallest absolute Gasteiger partial charge is 0.246 e. The Labute approximate surface area is 146 Å². The second-order valence-corrected chi connectivity index (χ2v) is 6.00. The molecule has 2 heterocycles. The average Bonchev–Trinajstić information content (AvgIpc) is 3.15. The van der Waals surface area contributed by atoms with Crippen molar-refractivity contribution in [2.45, 2.75) is 6.10 Å². The highest BCUT2D eigenvalue weighted by atomic mass is 16.7. The summed E-state index contributed by atoms with van der Waals surface area (Å²) in [5, 5.41) is 0. The first-order valence-electron chi connectivity index (χ1n) is 8.33. The Balaban J connectivity index is 1.42. The molecule has 2 aliphatic heterocycles. The van der Waals surface area contributed by atoms with Crippen molar-refractivity contribution < 1.29 is 19.0 Å². The topological polar surface area (TPSA) is 48.0 Å². The monoisotopic (exact) mass is 337 g/mol. The maximum absolute atomic E-state index is 12.5. The number of benzene rings is 2. The van der Waals surface area contributed by atoms with Gasteiger partial charge in [0.15, 0.2) is 11.5 Å². The molecule has 0 aromatic heterocycles. The Morgan fingerprint density at radius 3 is 2.80 bits per heavy atom. The van der Waals surface area contributed by atoms with E-state index in [0.29, 0.717) is 25.4 Å². The van der Waals surface area contributed by atoms with Gasteiger partial charge in [-0.3, -0.25) is 4.79 Å². The van der Waals surface area contributed by atoms with Gasteiger partial charge in [0.05, 0.1) is 13.2 Å². The van der Waals surface area contributed by atoms with Crippen LogP contribution in [0.4, 0.5) is 0 Å². The normalized spacial score (nSPS) is 19.4. The summed E-state index contributed by atoms with van der Waals surface area (Å²) in [5.74, 6) is 1.44. The predicted octanol–water partition coefficient (Wildman–Crippen LogP) is 3.03. The average molecular weight is 337 g/mol. The van der Waals surface area contributed by atoms with Gasteiger partial charge in [0.25, 0.3) is 0 Å². The number of ether oxygens (including phenoxy) is 3. The van der Waals surface area contributed by atoms with Gasteiger partial charge in [-0.1, -0.05) is 36.4 Å². The lowest BCUT2D eigenvalue weighted by molar-refractivity contribution is -0.133. The van der Waals surface area contributed by atoms with Crippen LogP contribution in [0.15, 0.2) is 54.6 Å². The molecule has 0 N–H and O–H groups in total. The van der Waals surface area contributed by atoms with E-state index in [1.165, 1.54) is 0 Å². The van der Waals surface area contributed by atoms with Gasteiger partial charge < -0.3 is 19.1 Å². The fourth-order valence-electron chi connectivity index (χ4n) is 3.01. The molecule has 0 radical (unpaired) electrons. The quantitative estimate of drug-likeness (QED) is 0.808. The molecule has 1 fully saturated rings. The molecule has 1 saturated heterocycles. The third-order valence-electron chi connectivity index (χ3n) is 4.36. The minimum Gasteiger partial charge on any atom is -0.454 e. The number of carbonyl (C=O) groups excluding carboxylic acids is 1. The molecule has 2 aliphatic rings. The second kappa shape index (κ2) is 6.99. The number of morpholine rings is 1. The van der Waals surface area contributed by atoms with Crippen molar-refractivity contribution in [1.82, 2.24) is 4.90 Å². The van der Waals surface area contributed by atoms with Crippen LogP contribution in [0.25, 0.3) is 6.08 Å². The van der Waals surface area contributed by atoms with Crippen LogP contribution in [0.5, 0.6) is 11.5 Å². The van der Waals surface area contributed by atoms with E-state index in [1.807, 2.05) is 53.4 Å². The molecule has 0 aliphatic carbocycles. The molecule has 0 saturated carbocycles. The summed E-state index contributed by atoms with van der Waals surface area (Å²) >= 11 is 0. The number of hydrogen-bond acceptors (Lipinski definition) is 4. The molecule has 2 aromatic rings. The molecule has 4 rings (SSSR count). The van der Waals surface area contributed by atoms with Crippen molar-refractivity contribution in [3.8, 4) is 11.5 Å². The molecule has 25 heavy (non-hydrogen) atoms. The van der Waals surface area contributed by atoms with Crippen molar-refractivity contribution in [3.63, 3.8) is 0 Å². The second-order valence-electron chi connectivity index (χ2n) is 6.00. The minimum absolute atomic E-state index is 0.0121. The zero-order valence-electron chi connectivity index (χ0n) is 13.8. The zero-order valence-corrected chi connectivity index (χ0v) is 13.8. The van der Waals surface area contributed by atoms with Crippen LogP contribution < -0.4 is 9.47 Å². The van der Waals surface area contributed by atoms with Crippen molar-refractivity contribution in [3.05, 3.63) is 65.7 Å². The Bertz CT molecular complexity index is 788. The van der Waals surface area contributed by atoms with E-state index in [2.05, 4.69) is 0 Å². The highest BCUT2D eigenvalue weighted by Gasteiger charge is 2.24. The molecule has 1 amide bonds. The summed E-state index contributed by atoms with van der Waals surface area (Å²) in [5.41, 5.74) is 2.00. The van der Waals surface area contributed by atoms with Crippen LogP contribution in [0, 0.1) is 0 Å². The first-order valence-corrected chi connectivity index (χ1v) is 8.33. The Kier molecular flexibility index (Phi) is 4.39. The number of nitrogens with zero attached hydrogens (tertiary/aromatic N) is 1. The summed E-state index contributed by atoms with van der Waals surface area (Å²) in [7, 11) is 0. The molecule has 5 nitrogen and oxygen atoms in total. The van der Waals surface area contributed by atoms with E-state index in [9.17, 15) is 4.79 Å². The van der Waals surface area contributed by atoms with E-state index in [1.54, 1.807) is 12.2 Å². The molecule has 128 valence electrons. The highest BCUT2D eigenvalue weighted by molar-refractivity contribution is 5.92. The first kappa shape index (κ1) is 15.7. The number of carbonyl (C=O) groups is 1. The molecule has 1 unspecified atom stereocenters. The Morgan fingerprint density at radius 1 is 1.08 bits per heavy atom. The fourth-order valence-corrected chi connectivity index (χ4v) is 3.01. The summed E-state index contributed by atoms with van der Waals surface area (Å²) in [6.07, 6.45) is 3.33. The van der Waals surface area contributed by atoms with Gasteiger partial charge in [0.2, 0.25) is 12.7 Å². The molecule has 1 atom stereocenters. The van der Waals surface area contributed by atoms with E-state index >= 15 is 0 Å². The summed E-state index contributed by atoms with van der Waals surface area (Å²) in [6, 6.07) is 15.6. The standard InChI is InChI=1S/C20H19NO4/c22-20(9-7-15-6-8-17-18(12-15)25-14-24-17)21-10-11-23-19(13-21)16-4-2-1-3-5-16/h1-9,12,19H,10-11,13-14H2/b9-7+. The van der Waals surface area contributed by atoms with Crippen LogP contribution in [0.1, 0.15) is 17.2 Å². The largest absolute Gasteiger partial charge is 0.454 e. The molecule has 0 bridgehead atoms. The number of amides is 1. The summed E-state index contributed by atoms with van der Waals surface area (Å²) in [6.45, 7) is 1.96. The van der Waals surface area contributed by atoms with Crippen LogP contribution in [0.3, 0.4) is 0 Å². The van der Waals surface area contributed by atoms with Gasteiger partial charge in [-0.05, 0) is 29.3 Å². The summed E-state index contributed by atoms with van der Waals surface area (Å²) < 4.78 is 16.5. The lowest BCUT2D eigenvalue weighted by atomic mass is 10.1. The van der Waals surface area contributed by atoms with Crippen molar-refractivity contribution >= 4 is 12.0 Å². The number of rotatable bonds is 3. The molecular formula is C20H19NO4. The maximum Gasteiger partial charge on any atom is 0.246 e. The van der Waals surface area contributed by atoms with Gasteiger partial charge >= 0.3 is 0 Å².